The summed E-state index contributed by atoms with van der Waals surface area (Å²) in [5.74, 6) is 0. The Balaban J connectivity index is 1.75. The van der Waals surface area contributed by atoms with E-state index in [0.717, 1.165) is 27.7 Å². The predicted molar refractivity (Wildman–Crippen MR) is 104 cm³/mol. The van der Waals surface area contributed by atoms with Crippen LogP contribution in [0.4, 0.5) is 0 Å². The highest BCUT2D eigenvalue weighted by molar-refractivity contribution is 5.94. The van der Waals surface area contributed by atoms with E-state index in [1.54, 1.807) is 0 Å². The normalized spacial score (nSPS) is 14.5. The van der Waals surface area contributed by atoms with Crippen LogP contribution in [0.15, 0.2) is 53.2 Å². The Kier molecular flexibility index (Phi) is 2.97. The van der Waals surface area contributed by atoms with Crippen molar-refractivity contribution in [2.24, 2.45) is 0 Å². The maximum Gasteiger partial charge on any atom is 0.143 e. The third kappa shape index (κ3) is 1.94. The van der Waals surface area contributed by atoms with Crippen LogP contribution in [0.2, 0.25) is 0 Å². The molecule has 26 heavy (non-hydrogen) atoms. The Bertz CT molecular complexity index is 1180. The molecule has 0 aliphatic heterocycles. The number of benzene rings is 3. The van der Waals surface area contributed by atoms with Gasteiger partial charge < -0.3 is 0 Å². The summed E-state index contributed by atoms with van der Waals surface area (Å²) in [5.41, 5.74) is 11.7. The molecule has 3 heteroatoms. The zero-order chi connectivity index (χ0) is 18.1. The Morgan fingerprint density at radius 1 is 0.731 bits per heavy atom. The summed E-state index contributed by atoms with van der Waals surface area (Å²) < 4.78 is 5.01. The number of nitrogens with zero attached hydrogens (tertiary/aromatic N) is 2. The van der Waals surface area contributed by atoms with Gasteiger partial charge in [0.05, 0.1) is 0 Å². The molecule has 0 N–H and O–H groups in total. The fourth-order valence-corrected chi connectivity index (χ4v) is 4.24. The van der Waals surface area contributed by atoms with Gasteiger partial charge in [0.15, 0.2) is 0 Å². The Labute approximate surface area is 152 Å². The van der Waals surface area contributed by atoms with Crippen molar-refractivity contribution < 1.29 is 4.63 Å². The van der Waals surface area contributed by atoms with Gasteiger partial charge in [0.2, 0.25) is 0 Å². The first-order valence-electron chi connectivity index (χ1n) is 8.95. The largest absolute Gasteiger partial charge is 0.243 e. The van der Waals surface area contributed by atoms with Crippen LogP contribution in [0.3, 0.4) is 0 Å². The van der Waals surface area contributed by atoms with Gasteiger partial charge >= 0.3 is 0 Å². The van der Waals surface area contributed by atoms with Crippen LogP contribution in [0.25, 0.3) is 33.3 Å². The first kappa shape index (κ1) is 15.3. The van der Waals surface area contributed by atoms with E-state index in [-0.39, 0.29) is 5.41 Å². The summed E-state index contributed by atoms with van der Waals surface area (Å²) in [6.07, 6.45) is 0. The van der Waals surface area contributed by atoms with Crippen LogP contribution in [0.5, 0.6) is 0 Å². The molecule has 3 aromatic carbocycles. The van der Waals surface area contributed by atoms with Crippen molar-refractivity contribution in [3.05, 3.63) is 70.8 Å². The molecule has 0 atom stereocenters. The molecule has 1 aliphatic rings. The molecular formula is C23H20N2O. The fraction of sp³-hybridized carbons (Fsp3) is 0.217. The van der Waals surface area contributed by atoms with Crippen molar-refractivity contribution in [1.29, 1.82) is 0 Å². The van der Waals surface area contributed by atoms with Crippen LogP contribution in [-0.2, 0) is 5.41 Å². The van der Waals surface area contributed by atoms with E-state index in [9.17, 15) is 0 Å². The van der Waals surface area contributed by atoms with Gasteiger partial charge in [-0.2, -0.15) is 0 Å². The lowest BCUT2D eigenvalue weighted by Crippen LogP contribution is -2.15. The highest BCUT2D eigenvalue weighted by Gasteiger charge is 2.35. The zero-order valence-electron chi connectivity index (χ0n) is 15.4. The quantitative estimate of drug-likeness (QED) is 0.439. The lowest BCUT2D eigenvalue weighted by Gasteiger charge is -2.22. The minimum Gasteiger partial charge on any atom is -0.243 e. The number of fused-ring (bicyclic) bond motifs is 4. The molecule has 0 saturated heterocycles. The maximum absolute atomic E-state index is 5.01. The minimum absolute atomic E-state index is 0.0153. The van der Waals surface area contributed by atoms with E-state index >= 15 is 0 Å². The van der Waals surface area contributed by atoms with E-state index in [0.29, 0.717) is 0 Å². The molecular weight excluding hydrogens is 320 g/mol. The summed E-state index contributed by atoms with van der Waals surface area (Å²) >= 11 is 0. The summed E-state index contributed by atoms with van der Waals surface area (Å²) in [7, 11) is 0. The molecule has 0 spiro atoms. The molecule has 3 nitrogen and oxygen atoms in total. The van der Waals surface area contributed by atoms with Gasteiger partial charge in [0.25, 0.3) is 0 Å². The summed E-state index contributed by atoms with van der Waals surface area (Å²) in [6.45, 7) is 8.80. The van der Waals surface area contributed by atoms with Gasteiger partial charge in [-0.3, -0.25) is 0 Å². The van der Waals surface area contributed by atoms with Crippen LogP contribution < -0.4 is 0 Å². The summed E-state index contributed by atoms with van der Waals surface area (Å²) in [6, 6.07) is 17.7. The lowest BCUT2D eigenvalue weighted by atomic mass is 9.81. The van der Waals surface area contributed by atoms with Gasteiger partial charge in [-0.25, -0.2) is 4.63 Å². The van der Waals surface area contributed by atoms with Crippen LogP contribution >= 0.6 is 0 Å². The van der Waals surface area contributed by atoms with Crippen molar-refractivity contribution in [1.82, 2.24) is 10.3 Å². The van der Waals surface area contributed by atoms with Crippen LogP contribution in [0.1, 0.15) is 36.1 Å². The highest BCUT2D eigenvalue weighted by Crippen LogP contribution is 2.50. The second-order valence-electron chi connectivity index (χ2n) is 7.83. The Morgan fingerprint density at radius 3 is 2.19 bits per heavy atom. The third-order valence-electron chi connectivity index (χ3n) is 5.76. The number of aryl methyl sites for hydroxylation is 2. The molecule has 0 bridgehead atoms. The molecule has 1 aromatic heterocycles. The average Bonchev–Trinajstić information content (AvgIpc) is 3.19. The van der Waals surface area contributed by atoms with Crippen LogP contribution in [0, 0.1) is 13.8 Å². The number of rotatable bonds is 1. The number of hydrogen-bond acceptors (Lipinski definition) is 3. The van der Waals surface area contributed by atoms with Crippen molar-refractivity contribution in [2.75, 3.05) is 0 Å². The molecule has 1 heterocycles. The van der Waals surface area contributed by atoms with E-state index in [1.807, 2.05) is 6.92 Å². The first-order chi connectivity index (χ1) is 12.5. The lowest BCUT2D eigenvalue weighted by molar-refractivity contribution is 0.315. The first-order valence-corrected chi connectivity index (χ1v) is 8.95. The molecule has 0 fully saturated rings. The molecule has 128 valence electrons. The van der Waals surface area contributed by atoms with Crippen LogP contribution in [-0.4, -0.2) is 10.3 Å². The fourth-order valence-electron chi connectivity index (χ4n) is 4.24. The second kappa shape index (κ2) is 5.04. The monoisotopic (exact) mass is 340 g/mol. The maximum atomic E-state index is 5.01. The molecule has 5 rings (SSSR count). The van der Waals surface area contributed by atoms with Gasteiger partial charge in [0, 0.05) is 11.0 Å². The highest BCUT2D eigenvalue weighted by atomic mass is 16.6. The molecule has 0 saturated carbocycles. The molecule has 0 unspecified atom stereocenters. The molecule has 1 aliphatic carbocycles. The topological polar surface area (TPSA) is 38.9 Å². The molecule has 4 aromatic rings. The zero-order valence-corrected chi connectivity index (χ0v) is 15.4. The standard InChI is InChI=1S/C23H20N2O/c1-13-5-8-17-18-10-7-15(12-20(18)23(3,4)19(17)11-13)16-9-6-14(2)21-22(16)25-26-24-21/h5-12H,1-4H3. The van der Waals surface area contributed by atoms with Crippen molar-refractivity contribution in [3.63, 3.8) is 0 Å². The van der Waals surface area contributed by atoms with E-state index in [1.165, 1.54) is 27.8 Å². The van der Waals surface area contributed by atoms with Crippen molar-refractivity contribution in [2.45, 2.75) is 33.1 Å². The average molecular weight is 340 g/mol. The minimum atomic E-state index is -0.0153. The van der Waals surface area contributed by atoms with E-state index in [4.69, 9.17) is 4.63 Å². The van der Waals surface area contributed by atoms with Crippen molar-refractivity contribution in [3.8, 4) is 22.3 Å². The number of aromatic nitrogens is 2. The van der Waals surface area contributed by atoms with Gasteiger partial charge in [-0.05, 0) is 63.6 Å². The van der Waals surface area contributed by atoms with Gasteiger partial charge in [-0.15, -0.1) is 0 Å². The predicted octanol–water partition coefficient (Wildman–Crippen LogP) is 5.81. The van der Waals surface area contributed by atoms with Gasteiger partial charge in [0.1, 0.15) is 11.0 Å². The van der Waals surface area contributed by atoms with E-state index < -0.39 is 0 Å². The summed E-state index contributed by atoms with van der Waals surface area (Å²) in [5, 5.41) is 8.21. The second-order valence-corrected chi connectivity index (χ2v) is 7.83. The van der Waals surface area contributed by atoms with Gasteiger partial charge in [-0.1, -0.05) is 61.9 Å². The molecule has 0 amide bonds. The summed E-state index contributed by atoms with van der Waals surface area (Å²) in [4.78, 5) is 0. The smallest absolute Gasteiger partial charge is 0.143 e. The Morgan fingerprint density at radius 2 is 1.38 bits per heavy atom. The molecule has 0 radical (unpaired) electrons. The third-order valence-corrected chi connectivity index (χ3v) is 5.76. The number of hydrogen-bond donors (Lipinski definition) is 0. The SMILES string of the molecule is Cc1ccc2c(c1)C(C)(C)c1cc(-c3ccc(C)c4nonc34)ccc1-2. The van der Waals surface area contributed by atoms with Crippen molar-refractivity contribution >= 4 is 11.0 Å². The Hall–Kier alpha value is -2.94. The van der Waals surface area contributed by atoms with E-state index in [2.05, 4.69) is 79.6 Å².